The summed E-state index contributed by atoms with van der Waals surface area (Å²) in [5, 5.41) is 13.5. The first-order chi connectivity index (χ1) is 11.7. The molecule has 2 heterocycles. The van der Waals surface area contributed by atoms with Gasteiger partial charge in [-0.1, -0.05) is 0 Å². The van der Waals surface area contributed by atoms with E-state index in [-0.39, 0.29) is 18.6 Å². The molecule has 0 saturated heterocycles. The molecule has 0 unspecified atom stereocenters. The molecule has 0 aromatic carbocycles. The number of likely N-dealkylation sites (N-methyl/N-ethyl adjacent to an activating group) is 1. The van der Waals surface area contributed by atoms with Crippen LogP contribution in [0.1, 0.15) is 33.5 Å². The normalized spacial score (nSPS) is 10.8. The number of carbonyl (C=O) groups excluding carboxylic acids is 1. The Morgan fingerprint density at radius 3 is 2.44 bits per heavy atom. The van der Waals surface area contributed by atoms with Crippen molar-refractivity contribution in [2.45, 2.75) is 27.7 Å². The molecule has 0 bridgehead atoms. The van der Waals surface area contributed by atoms with E-state index in [1.165, 1.54) is 9.58 Å². The minimum atomic E-state index is -1.08. The number of aryl methyl sites for hydroxylation is 3. The lowest BCUT2D eigenvalue weighted by atomic mass is 10.1. The van der Waals surface area contributed by atoms with E-state index in [1.807, 2.05) is 0 Å². The van der Waals surface area contributed by atoms with Gasteiger partial charge in [-0.2, -0.15) is 5.10 Å². The van der Waals surface area contributed by atoms with Gasteiger partial charge < -0.3 is 10.0 Å². The van der Waals surface area contributed by atoms with Gasteiger partial charge in [0.25, 0.3) is 11.5 Å². The highest BCUT2D eigenvalue weighted by atomic mass is 32.1. The molecule has 0 aliphatic carbocycles. The van der Waals surface area contributed by atoms with Gasteiger partial charge >= 0.3 is 5.97 Å². The Balaban J connectivity index is 2.54. The van der Waals surface area contributed by atoms with Gasteiger partial charge in [0.2, 0.25) is 0 Å². The number of carboxylic acid groups (broad SMARTS) is 1. The molecule has 134 valence electrons. The van der Waals surface area contributed by atoms with Crippen LogP contribution in [0.15, 0.2) is 4.79 Å². The van der Waals surface area contributed by atoms with Gasteiger partial charge in [-0.25, -0.2) is 9.67 Å². The molecule has 2 rings (SSSR count). The Kier molecular flexibility index (Phi) is 5.36. The number of aromatic nitrogens is 3. The average molecular weight is 364 g/mol. The van der Waals surface area contributed by atoms with Crippen molar-refractivity contribution in [2.75, 3.05) is 13.1 Å². The molecule has 2 aromatic heterocycles. The van der Waals surface area contributed by atoms with Crippen LogP contribution >= 0.6 is 11.3 Å². The van der Waals surface area contributed by atoms with Crippen LogP contribution < -0.4 is 5.56 Å². The van der Waals surface area contributed by atoms with Crippen LogP contribution in [0.4, 0.5) is 0 Å². The summed E-state index contributed by atoms with van der Waals surface area (Å²) in [6.07, 6.45) is 0. The highest BCUT2D eigenvalue weighted by Gasteiger charge is 2.24. The summed E-state index contributed by atoms with van der Waals surface area (Å²) in [5.41, 5.74) is 2.04. The molecular weight excluding hydrogens is 344 g/mol. The summed E-state index contributed by atoms with van der Waals surface area (Å²) in [4.78, 5) is 42.0. The second kappa shape index (κ2) is 7.14. The largest absolute Gasteiger partial charge is 0.480 e. The lowest BCUT2D eigenvalue weighted by Crippen LogP contribution is -2.35. The number of amides is 1. The number of aliphatic carboxylic acids is 1. The highest BCUT2D eigenvalue weighted by molar-refractivity contribution is 7.17. The van der Waals surface area contributed by atoms with Crippen LogP contribution in [0.5, 0.6) is 0 Å². The van der Waals surface area contributed by atoms with Gasteiger partial charge in [0, 0.05) is 13.6 Å². The second-order valence-electron chi connectivity index (χ2n) is 5.66. The zero-order chi connectivity index (χ0) is 18.9. The van der Waals surface area contributed by atoms with E-state index in [1.54, 1.807) is 34.7 Å². The Morgan fingerprint density at radius 2 is 1.88 bits per heavy atom. The maximum Gasteiger partial charge on any atom is 0.323 e. The lowest BCUT2D eigenvalue weighted by molar-refractivity contribution is -0.137. The van der Waals surface area contributed by atoms with E-state index in [9.17, 15) is 14.4 Å². The Hall–Kier alpha value is -2.55. The fourth-order valence-electron chi connectivity index (χ4n) is 2.44. The molecule has 1 amide bonds. The smallest absolute Gasteiger partial charge is 0.323 e. The molecule has 0 radical (unpaired) electrons. The van der Waals surface area contributed by atoms with Crippen molar-refractivity contribution in [3.8, 4) is 10.6 Å². The summed E-state index contributed by atoms with van der Waals surface area (Å²) in [7, 11) is 1.57. The number of thiazole rings is 1. The Bertz CT molecular complexity index is 900. The van der Waals surface area contributed by atoms with E-state index in [0.717, 1.165) is 11.3 Å². The summed E-state index contributed by atoms with van der Waals surface area (Å²) < 4.78 is 1.25. The first-order valence-electron chi connectivity index (χ1n) is 7.70. The molecule has 0 aliphatic heterocycles. The summed E-state index contributed by atoms with van der Waals surface area (Å²) >= 11 is 1.10. The van der Waals surface area contributed by atoms with Crippen molar-refractivity contribution in [1.29, 1.82) is 0 Å². The highest BCUT2D eigenvalue weighted by Crippen LogP contribution is 2.29. The molecule has 25 heavy (non-hydrogen) atoms. The van der Waals surface area contributed by atoms with Crippen molar-refractivity contribution in [2.24, 2.45) is 7.05 Å². The van der Waals surface area contributed by atoms with Gasteiger partial charge in [-0.3, -0.25) is 14.4 Å². The number of nitrogens with zero attached hydrogens (tertiary/aromatic N) is 4. The maximum atomic E-state index is 12.6. The van der Waals surface area contributed by atoms with Crippen LogP contribution in [0.25, 0.3) is 10.6 Å². The van der Waals surface area contributed by atoms with Gasteiger partial charge in [0.15, 0.2) is 0 Å². The minimum Gasteiger partial charge on any atom is -0.480 e. The maximum absolute atomic E-state index is 12.6. The molecule has 2 aromatic rings. The van der Waals surface area contributed by atoms with Crippen molar-refractivity contribution in [3.63, 3.8) is 0 Å². The molecular formula is C16H20N4O4S. The predicted molar refractivity (Wildman–Crippen MR) is 94.0 cm³/mol. The number of carbonyl (C=O) groups is 2. The molecule has 0 fully saturated rings. The molecule has 1 N–H and O–H groups in total. The average Bonchev–Trinajstić information content (AvgIpc) is 2.91. The zero-order valence-electron chi connectivity index (χ0n) is 14.8. The zero-order valence-corrected chi connectivity index (χ0v) is 15.6. The fourth-order valence-corrected chi connectivity index (χ4v) is 3.56. The summed E-state index contributed by atoms with van der Waals surface area (Å²) in [5.74, 6) is -1.47. The number of hydrogen-bond donors (Lipinski definition) is 1. The quantitative estimate of drug-likeness (QED) is 0.859. The third-order valence-corrected chi connectivity index (χ3v) is 5.09. The van der Waals surface area contributed by atoms with Gasteiger partial charge in [0.05, 0.1) is 17.0 Å². The molecule has 8 nitrogen and oxygen atoms in total. The van der Waals surface area contributed by atoms with E-state index in [2.05, 4.69) is 10.1 Å². The van der Waals surface area contributed by atoms with E-state index in [4.69, 9.17) is 5.11 Å². The summed E-state index contributed by atoms with van der Waals surface area (Å²) in [6, 6.07) is 0. The fraction of sp³-hybridized carbons (Fsp3) is 0.438. The van der Waals surface area contributed by atoms with Crippen molar-refractivity contribution in [3.05, 3.63) is 32.2 Å². The first-order valence-corrected chi connectivity index (χ1v) is 8.52. The first kappa shape index (κ1) is 18.8. The third-order valence-electron chi connectivity index (χ3n) is 3.93. The van der Waals surface area contributed by atoms with Crippen LogP contribution in [0.2, 0.25) is 0 Å². The van der Waals surface area contributed by atoms with Crippen LogP contribution in [-0.2, 0) is 11.8 Å². The topological polar surface area (TPSA) is 105 Å². The van der Waals surface area contributed by atoms with E-state index < -0.39 is 11.9 Å². The van der Waals surface area contributed by atoms with Gasteiger partial charge in [0.1, 0.15) is 16.4 Å². The molecule has 0 spiro atoms. The molecule has 9 heteroatoms. The number of hydrogen-bond acceptors (Lipinski definition) is 6. The van der Waals surface area contributed by atoms with Crippen molar-refractivity contribution >= 4 is 23.2 Å². The van der Waals surface area contributed by atoms with Crippen molar-refractivity contribution < 1.29 is 14.7 Å². The standard InChI is InChI=1S/C16H20N4O4S/c1-6-20(7-11(21)22)16(24)13-10(4)17-14(25-13)12-8(2)9(3)18-19(5)15(12)23/h6-7H2,1-5H3,(H,21,22). The number of carboxylic acids is 1. The third kappa shape index (κ3) is 3.60. The van der Waals surface area contributed by atoms with E-state index >= 15 is 0 Å². The molecule has 0 atom stereocenters. The van der Waals surface area contributed by atoms with Crippen LogP contribution in [-0.4, -0.2) is 49.7 Å². The monoisotopic (exact) mass is 364 g/mol. The molecule has 0 aliphatic rings. The number of rotatable bonds is 5. The second-order valence-corrected chi connectivity index (χ2v) is 6.66. The summed E-state index contributed by atoms with van der Waals surface area (Å²) in [6.45, 7) is 6.88. The van der Waals surface area contributed by atoms with Gasteiger partial charge in [-0.05, 0) is 33.3 Å². The van der Waals surface area contributed by atoms with E-state index in [0.29, 0.717) is 32.4 Å². The minimum absolute atomic E-state index is 0.271. The Morgan fingerprint density at radius 1 is 1.24 bits per heavy atom. The Labute approximate surface area is 148 Å². The van der Waals surface area contributed by atoms with Crippen molar-refractivity contribution in [1.82, 2.24) is 19.7 Å². The predicted octanol–water partition coefficient (Wildman–Crippen LogP) is 1.38. The molecule has 0 saturated carbocycles. The van der Waals surface area contributed by atoms with Gasteiger partial charge in [-0.15, -0.1) is 11.3 Å². The van der Waals surface area contributed by atoms with Crippen LogP contribution in [0.3, 0.4) is 0 Å². The lowest BCUT2D eigenvalue weighted by Gasteiger charge is -2.17. The van der Waals surface area contributed by atoms with Crippen LogP contribution in [0, 0.1) is 20.8 Å². The SMILES string of the molecule is CCN(CC(=O)O)C(=O)c1sc(-c2c(C)c(C)nn(C)c2=O)nc1C.